The molecule has 0 radical (unpaired) electrons. The SMILES string of the molecule is O=P(O)(O)OCCC(O)O.[LiH]. The zero-order valence-electron chi connectivity index (χ0n) is 5.04. The van der Waals surface area contributed by atoms with Gasteiger partial charge in [-0.25, -0.2) is 4.57 Å². The van der Waals surface area contributed by atoms with Crippen molar-refractivity contribution in [3.05, 3.63) is 0 Å². The molecule has 0 atom stereocenters. The van der Waals surface area contributed by atoms with Crippen LogP contribution in [-0.2, 0) is 9.09 Å². The Hall–Kier alpha value is 0.627. The fourth-order valence-corrected chi connectivity index (χ4v) is 0.620. The summed E-state index contributed by atoms with van der Waals surface area (Å²) in [6.45, 7) is -0.373. The van der Waals surface area contributed by atoms with E-state index in [4.69, 9.17) is 20.0 Å². The van der Waals surface area contributed by atoms with Gasteiger partial charge in [0, 0.05) is 6.42 Å². The zero-order chi connectivity index (χ0) is 8.20. The van der Waals surface area contributed by atoms with Crippen LogP contribution in [-0.4, -0.2) is 51.8 Å². The molecule has 0 aliphatic rings. The van der Waals surface area contributed by atoms with Crippen LogP contribution in [0.25, 0.3) is 0 Å². The minimum absolute atomic E-state index is 0. The molecule has 0 rings (SSSR count). The van der Waals surface area contributed by atoms with Crippen molar-refractivity contribution >= 4 is 26.7 Å². The van der Waals surface area contributed by atoms with Crippen molar-refractivity contribution in [2.24, 2.45) is 0 Å². The molecular formula is C3H10LiO6P. The number of phosphoric ester groups is 1. The quantitative estimate of drug-likeness (QED) is 0.230. The van der Waals surface area contributed by atoms with Gasteiger partial charge in [-0.1, -0.05) is 0 Å². The molecule has 8 heteroatoms. The molecule has 0 aromatic carbocycles. The van der Waals surface area contributed by atoms with Gasteiger partial charge in [-0.2, -0.15) is 0 Å². The van der Waals surface area contributed by atoms with E-state index in [1.165, 1.54) is 0 Å². The number of rotatable bonds is 4. The number of hydrogen-bond acceptors (Lipinski definition) is 4. The molecule has 0 heterocycles. The third-order valence-corrected chi connectivity index (χ3v) is 1.15. The van der Waals surface area contributed by atoms with Crippen LogP contribution in [0.5, 0.6) is 0 Å². The molecule has 0 unspecified atom stereocenters. The third-order valence-electron chi connectivity index (χ3n) is 0.636. The van der Waals surface area contributed by atoms with E-state index >= 15 is 0 Å². The third kappa shape index (κ3) is 13.6. The maximum atomic E-state index is 9.92. The van der Waals surface area contributed by atoms with Crippen LogP contribution in [0.2, 0.25) is 0 Å². The monoisotopic (exact) mass is 180 g/mol. The Bertz CT molecular complexity index is 132. The Morgan fingerprint density at radius 2 is 1.82 bits per heavy atom. The molecule has 0 aromatic heterocycles. The van der Waals surface area contributed by atoms with Gasteiger partial charge in [0.2, 0.25) is 0 Å². The van der Waals surface area contributed by atoms with Gasteiger partial charge < -0.3 is 20.0 Å². The molecule has 0 aliphatic heterocycles. The number of hydrogen-bond donors (Lipinski definition) is 4. The van der Waals surface area contributed by atoms with Crippen molar-refractivity contribution in [1.82, 2.24) is 0 Å². The summed E-state index contributed by atoms with van der Waals surface area (Å²) in [6.07, 6.45) is -1.81. The second-order valence-electron chi connectivity index (χ2n) is 1.59. The fourth-order valence-electron chi connectivity index (χ4n) is 0.277. The fraction of sp³-hybridized carbons (Fsp3) is 1.00. The first kappa shape index (κ1) is 14.2. The van der Waals surface area contributed by atoms with Gasteiger partial charge in [-0.05, 0) is 0 Å². The minimum atomic E-state index is -4.44. The summed E-state index contributed by atoms with van der Waals surface area (Å²) in [5, 5.41) is 16.3. The van der Waals surface area contributed by atoms with E-state index in [1.807, 2.05) is 0 Å². The predicted molar refractivity (Wildman–Crippen MR) is 38.0 cm³/mol. The first-order chi connectivity index (χ1) is 4.42. The molecule has 0 aliphatic carbocycles. The van der Waals surface area contributed by atoms with Gasteiger partial charge in [0.15, 0.2) is 6.29 Å². The second kappa shape index (κ2) is 6.18. The van der Waals surface area contributed by atoms with Crippen LogP contribution >= 0.6 is 7.82 Å². The normalized spacial score (nSPS) is 11.4. The molecule has 0 saturated heterocycles. The zero-order valence-corrected chi connectivity index (χ0v) is 5.94. The van der Waals surface area contributed by atoms with Crippen molar-refractivity contribution in [2.75, 3.05) is 6.61 Å². The summed E-state index contributed by atoms with van der Waals surface area (Å²) < 4.78 is 13.8. The van der Waals surface area contributed by atoms with Crippen LogP contribution in [0.3, 0.4) is 0 Å². The first-order valence-electron chi connectivity index (χ1n) is 2.48. The molecule has 0 amide bonds. The van der Waals surface area contributed by atoms with Gasteiger partial charge in [0.1, 0.15) is 0 Å². The Labute approximate surface area is 75.6 Å². The number of phosphoric acid groups is 1. The van der Waals surface area contributed by atoms with Crippen molar-refractivity contribution in [3.63, 3.8) is 0 Å². The summed E-state index contributed by atoms with van der Waals surface area (Å²) in [5.41, 5.74) is 0. The van der Waals surface area contributed by atoms with E-state index in [0.717, 1.165) is 0 Å². The second-order valence-corrected chi connectivity index (χ2v) is 2.83. The molecule has 0 aromatic rings. The molecule has 0 bridgehead atoms. The van der Waals surface area contributed by atoms with E-state index in [-0.39, 0.29) is 31.9 Å². The van der Waals surface area contributed by atoms with Gasteiger partial charge in [-0.15, -0.1) is 0 Å². The standard InChI is InChI=1S/C3H9O6P.Li.H/c4-3(5)1-2-9-10(6,7)8;;/h3-5H,1-2H2,(H2,6,7,8);;. The van der Waals surface area contributed by atoms with Gasteiger partial charge >= 0.3 is 26.7 Å². The molecule has 0 saturated carbocycles. The summed E-state index contributed by atoms with van der Waals surface area (Å²) in [4.78, 5) is 16.1. The van der Waals surface area contributed by atoms with E-state index in [9.17, 15) is 4.57 Å². The van der Waals surface area contributed by atoms with Crippen molar-refractivity contribution in [2.45, 2.75) is 12.7 Å². The van der Waals surface area contributed by atoms with Crippen LogP contribution in [0.15, 0.2) is 0 Å². The predicted octanol–water partition coefficient (Wildman–Crippen LogP) is -1.85. The van der Waals surface area contributed by atoms with E-state index in [0.29, 0.717) is 0 Å². The van der Waals surface area contributed by atoms with Gasteiger partial charge in [-0.3, -0.25) is 4.52 Å². The number of aliphatic hydroxyl groups excluding tert-OH is 1. The maximum absolute atomic E-state index is 9.92. The Balaban J connectivity index is 0. The van der Waals surface area contributed by atoms with E-state index in [1.54, 1.807) is 0 Å². The number of aliphatic hydroxyl groups is 2. The van der Waals surface area contributed by atoms with Gasteiger partial charge in [0.25, 0.3) is 0 Å². The summed E-state index contributed by atoms with van der Waals surface area (Å²) in [5.74, 6) is 0. The Morgan fingerprint density at radius 1 is 1.36 bits per heavy atom. The van der Waals surface area contributed by atoms with Crippen molar-refractivity contribution in [3.8, 4) is 0 Å². The van der Waals surface area contributed by atoms with Gasteiger partial charge in [0.05, 0.1) is 6.61 Å². The Kier molecular flexibility index (Phi) is 7.96. The first-order valence-corrected chi connectivity index (χ1v) is 4.01. The average Bonchev–Trinajstić information content (AvgIpc) is 1.59. The topological polar surface area (TPSA) is 107 Å². The van der Waals surface area contributed by atoms with Crippen LogP contribution in [0.1, 0.15) is 6.42 Å². The van der Waals surface area contributed by atoms with E-state index < -0.39 is 14.1 Å². The molecule has 64 valence electrons. The van der Waals surface area contributed by atoms with Crippen LogP contribution in [0.4, 0.5) is 0 Å². The molecule has 6 nitrogen and oxygen atoms in total. The molecular weight excluding hydrogens is 170 g/mol. The summed E-state index contributed by atoms with van der Waals surface area (Å²) in [7, 11) is -4.44. The van der Waals surface area contributed by atoms with Crippen molar-refractivity contribution < 1.29 is 29.1 Å². The van der Waals surface area contributed by atoms with E-state index in [2.05, 4.69) is 4.52 Å². The van der Waals surface area contributed by atoms with Crippen LogP contribution in [0, 0.1) is 0 Å². The molecule has 0 spiro atoms. The molecule has 11 heavy (non-hydrogen) atoms. The average molecular weight is 180 g/mol. The Morgan fingerprint density at radius 3 is 2.09 bits per heavy atom. The summed E-state index contributed by atoms with van der Waals surface area (Å²) >= 11 is 0. The molecule has 0 fully saturated rings. The summed E-state index contributed by atoms with van der Waals surface area (Å²) in [6, 6.07) is 0. The van der Waals surface area contributed by atoms with Crippen molar-refractivity contribution in [1.29, 1.82) is 0 Å². The van der Waals surface area contributed by atoms with Crippen LogP contribution < -0.4 is 0 Å². The molecule has 4 N–H and O–H groups in total.